The van der Waals surface area contributed by atoms with Crippen molar-refractivity contribution >= 4 is 22.9 Å². The molecule has 2 heterocycles. The van der Waals surface area contributed by atoms with E-state index in [4.69, 9.17) is 0 Å². The lowest BCUT2D eigenvalue weighted by atomic mass is 10.3. The quantitative estimate of drug-likeness (QED) is 0.756. The normalized spacial score (nSPS) is 11.8. The van der Waals surface area contributed by atoms with Crippen molar-refractivity contribution in [2.75, 3.05) is 5.32 Å². The standard InChI is InChI=1S/C12H8F3N5/c13-12(14,15)9-5-6-16-10(19-9)20-11-17-7-3-1-2-4-8(7)18-11/h1-6H,(H2,16,17,18,19,20). The van der Waals surface area contributed by atoms with Gasteiger partial charge >= 0.3 is 6.18 Å². The molecule has 0 aliphatic carbocycles. The van der Waals surface area contributed by atoms with Gasteiger partial charge in [-0.3, -0.25) is 5.32 Å². The van der Waals surface area contributed by atoms with Crippen LogP contribution in [0.25, 0.3) is 11.0 Å². The first kappa shape index (κ1) is 12.4. The molecule has 0 unspecified atom stereocenters. The van der Waals surface area contributed by atoms with Gasteiger partial charge in [0.15, 0.2) is 0 Å². The predicted molar refractivity (Wildman–Crippen MR) is 66.4 cm³/mol. The van der Waals surface area contributed by atoms with Gasteiger partial charge in [0.2, 0.25) is 11.9 Å². The monoisotopic (exact) mass is 279 g/mol. The van der Waals surface area contributed by atoms with Crippen LogP contribution < -0.4 is 5.32 Å². The second-order valence-electron chi connectivity index (χ2n) is 3.99. The number of aromatic nitrogens is 4. The minimum atomic E-state index is -4.51. The largest absolute Gasteiger partial charge is 0.433 e. The number of nitrogens with zero attached hydrogens (tertiary/aromatic N) is 3. The van der Waals surface area contributed by atoms with Gasteiger partial charge in [-0.25, -0.2) is 15.0 Å². The van der Waals surface area contributed by atoms with Gasteiger partial charge in [0.05, 0.1) is 11.0 Å². The van der Waals surface area contributed by atoms with E-state index in [1.807, 2.05) is 12.1 Å². The maximum Gasteiger partial charge on any atom is 0.433 e. The Labute approximate surface area is 110 Å². The summed E-state index contributed by atoms with van der Waals surface area (Å²) >= 11 is 0. The van der Waals surface area contributed by atoms with Gasteiger partial charge in [-0.15, -0.1) is 0 Å². The van der Waals surface area contributed by atoms with Crippen LogP contribution in [-0.4, -0.2) is 19.9 Å². The van der Waals surface area contributed by atoms with Gasteiger partial charge in [0, 0.05) is 6.20 Å². The number of H-pyrrole nitrogens is 1. The summed E-state index contributed by atoms with van der Waals surface area (Å²) in [5.41, 5.74) is 0.454. The SMILES string of the molecule is FC(F)(F)c1ccnc(Nc2nc3ccccc3[nH]2)n1. The highest BCUT2D eigenvalue weighted by atomic mass is 19.4. The molecular weight excluding hydrogens is 271 g/mol. The Morgan fingerprint density at radius 2 is 1.85 bits per heavy atom. The Kier molecular flexibility index (Phi) is 2.78. The van der Waals surface area contributed by atoms with Crippen LogP contribution in [0, 0.1) is 0 Å². The van der Waals surface area contributed by atoms with E-state index >= 15 is 0 Å². The molecule has 3 rings (SSSR count). The molecule has 20 heavy (non-hydrogen) atoms. The number of fused-ring (bicyclic) bond motifs is 1. The molecule has 0 bridgehead atoms. The number of anilines is 2. The first-order valence-corrected chi connectivity index (χ1v) is 5.64. The fraction of sp³-hybridized carbons (Fsp3) is 0.0833. The molecule has 0 radical (unpaired) electrons. The molecule has 5 nitrogen and oxygen atoms in total. The molecule has 0 amide bonds. The van der Waals surface area contributed by atoms with Crippen LogP contribution in [0.1, 0.15) is 5.69 Å². The average Bonchev–Trinajstić information content (AvgIpc) is 2.80. The highest BCUT2D eigenvalue weighted by molar-refractivity contribution is 5.77. The van der Waals surface area contributed by atoms with Crippen molar-refractivity contribution < 1.29 is 13.2 Å². The maximum atomic E-state index is 12.5. The summed E-state index contributed by atoms with van der Waals surface area (Å²) in [6.07, 6.45) is -3.46. The Balaban J connectivity index is 1.91. The maximum absolute atomic E-state index is 12.5. The molecule has 0 atom stereocenters. The first-order chi connectivity index (χ1) is 9.52. The minimum absolute atomic E-state index is 0.168. The summed E-state index contributed by atoms with van der Waals surface area (Å²) < 4.78 is 37.6. The molecule has 2 N–H and O–H groups in total. The molecule has 0 aliphatic rings. The van der Waals surface area contributed by atoms with Crippen molar-refractivity contribution in [3.05, 3.63) is 42.2 Å². The number of hydrogen-bond donors (Lipinski definition) is 2. The molecule has 3 aromatic rings. The summed E-state index contributed by atoms with van der Waals surface area (Å²) in [5.74, 6) is 0.115. The predicted octanol–water partition coefficient (Wildman–Crippen LogP) is 3.12. The van der Waals surface area contributed by atoms with Crippen LogP contribution in [0.2, 0.25) is 0 Å². The van der Waals surface area contributed by atoms with E-state index in [9.17, 15) is 13.2 Å². The van der Waals surface area contributed by atoms with Gasteiger partial charge in [-0.2, -0.15) is 13.2 Å². The summed E-state index contributed by atoms with van der Waals surface area (Å²) in [5, 5.41) is 2.62. The Bertz CT molecular complexity index is 717. The van der Waals surface area contributed by atoms with Crippen molar-refractivity contribution in [1.29, 1.82) is 0 Å². The van der Waals surface area contributed by atoms with E-state index in [0.717, 1.165) is 17.8 Å². The number of imidazole rings is 1. The molecular formula is C12H8F3N5. The third kappa shape index (κ3) is 2.40. The zero-order chi connectivity index (χ0) is 14.2. The third-order valence-corrected chi connectivity index (χ3v) is 2.57. The average molecular weight is 279 g/mol. The van der Waals surface area contributed by atoms with E-state index in [2.05, 4.69) is 25.3 Å². The summed E-state index contributed by atoms with van der Waals surface area (Å²) in [6, 6.07) is 8.03. The molecule has 102 valence electrons. The molecule has 0 saturated carbocycles. The van der Waals surface area contributed by atoms with Crippen LogP contribution in [0.15, 0.2) is 36.5 Å². The number of benzene rings is 1. The molecule has 0 saturated heterocycles. The highest BCUT2D eigenvalue weighted by Gasteiger charge is 2.32. The number of para-hydroxylation sites is 2. The van der Waals surface area contributed by atoms with E-state index in [1.165, 1.54) is 0 Å². The smallest absolute Gasteiger partial charge is 0.324 e. The lowest BCUT2D eigenvalue weighted by Gasteiger charge is -2.06. The number of alkyl halides is 3. The Morgan fingerprint density at radius 1 is 1.05 bits per heavy atom. The first-order valence-electron chi connectivity index (χ1n) is 5.64. The highest BCUT2D eigenvalue weighted by Crippen LogP contribution is 2.28. The lowest BCUT2D eigenvalue weighted by molar-refractivity contribution is -0.141. The minimum Gasteiger partial charge on any atom is -0.324 e. The Morgan fingerprint density at radius 3 is 2.60 bits per heavy atom. The summed E-state index contributed by atoms with van der Waals surface area (Å²) in [7, 11) is 0. The molecule has 0 spiro atoms. The summed E-state index contributed by atoms with van der Waals surface area (Å²) in [6.45, 7) is 0. The van der Waals surface area contributed by atoms with E-state index < -0.39 is 11.9 Å². The van der Waals surface area contributed by atoms with Crippen molar-refractivity contribution in [3.63, 3.8) is 0 Å². The van der Waals surface area contributed by atoms with Crippen LogP contribution in [0.3, 0.4) is 0 Å². The number of rotatable bonds is 2. The zero-order valence-electron chi connectivity index (χ0n) is 9.94. The van der Waals surface area contributed by atoms with Crippen molar-refractivity contribution in [2.24, 2.45) is 0 Å². The van der Waals surface area contributed by atoms with Crippen LogP contribution in [-0.2, 0) is 6.18 Å². The number of hydrogen-bond acceptors (Lipinski definition) is 4. The van der Waals surface area contributed by atoms with E-state index in [1.54, 1.807) is 12.1 Å². The van der Waals surface area contributed by atoms with Gasteiger partial charge in [-0.1, -0.05) is 12.1 Å². The van der Waals surface area contributed by atoms with E-state index in [-0.39, 0.29) is 11.9 Å². The topological polar surface area (TPSA) is 66.5 Å². The van der Waals surface area contributed by atoms with Gasteiger partial charge in [0.25, 0.3) is 0 Å². The van der Waals surface area contributed by atoms with Gasteiger partial charge in [0.1, 0.15) is 5.69 Å². The zero-order valence-corrected chi connectivity index (χ0v) is 9.94. The molecule has 8 heteroatoms. The van der Waals surface area contributed by atoms with Gasteiger partial charge in [-0.05, 0) is 18.2 Å². The second kappa shape index (κ2) is 4.48. The fourth-order valence-electron chi connectivity index (χ4n) is 1.69. The van der Waals surface area contributed by atoms with E-state index in [0.29, 0.717) is 5.52 Å². The fourth-order valence-corrected chi connectivity index (χ4v) is 1.69. The Hall–Kier alpha value is -2.64. The third-order valence-electron chi connectivity index (χ3n) is 2.57. The van der Waals surface area contributed by atoms with Crippen LogP contribution in [0.5, 0.6) is 0 Å². The second-order valence-corrected chi connectivity index (χ2v) is 3.99. The number of nitrogens with one attached hydrogen (secondary N) is 2. The number of halogens is 3. The molecule has 0 aliphatic heterocycles. The molecule has 2 aromatic heterocycles. The van der Waals surface area contributed by atoms with Crippen LogP contribution >= 0.6 is 0 Å². The van der Waals surface area contributed by atoms with Crippen molar-refractivity contribution in [3.8, 4) is 0 Å². The number of aromatic amines is 1. The van der Waals surface area contributed by atoms with Crippen molar-refractivity contribution in [2.45, 2.75) is 6.18 Å². The van der Waals surface area contributed by atoms with Crippen molar-refractivity contribution in [1.82, 2.24) is 19.9 Å². The van der Waals surface area contributed by atoms with Gasteiger partial charge < -0.3 is 4.98 Å². The molecule has 1 aromatic carbocycles. The lowest BCUT2D eigenvalue weighted by Crippen LogP contribution is -2.10. The van der Waals surface area contributed by atoms with Crippen LogP contribution in [0.4, 0.5) is 25.1 Å². The summed E-state index contributed by atoms with van der Waals surface area (Å²) in [4.78, 5) is 14.2. The molecule has 0 fully saturated rings.